The minimum atomic E-state index is 0.348. The molecule has 0 amide bonds. The van der Waals surface area contributed by atoms with E-state index in [1.807, 2.05) is 0 Å². The van der Waals surface area contributed by atoms with Gasteiger partial charge in [-0.2, -0.15) is 0 Å². The summed E-state index contributed by atoms with van der Waals surface area (Å²) in [5.74, 6) is 0. The van der Waals surface area contributed by atoms with Gasteiger partial charge in [0.2, 0.25) is 0 Å². The van der Waals surface area contributed by atoms with Gasteiger partial charge in [0.1, 0.15) is 0 Å². The largest absolute Gasteiger partial charge is 0.374 e. The molecule has 0 saturated carbocycles. The Kier molecular flexibility index (Phi) is 7.15. The maximum atomic E-state index is 5.90. The predicted octanol–water partition coefficient (Wildman–Crippen LogP) is 1.15. The third-order valence-corrected chi connectivity index (χ3v) is 3.72. The molecule has 0 radical (unpaired) electrons. The Bertz CT molecular complexity index is 221. The van der Waals surface area contributed by atoms with Gasteiger partial charge >= 0.3 is 0 Å². The van der Waals surface area contributed by atoms with E-state index in [1.165, 1.54) is 0 Å². The van der Waals surface area contributed by atoms with Crippen LogP contribution in [0.4, 0.5) is 0 Å². The molecule has 2 N–H and O–H groups in total. The highest BCUT2D eigenvalue weighted by atomic mass is 16.5. The van der Waals surface area contributed by atoms with Crippen molar-refractivity contribution in [3.63, 3.8) is 0 Å². The van der Waals surface area contributed by atoms with Crippen LogP contribution >= 0.6 is 0 Å². The van der Waals surface area contributed by atoms with E-state index in [9.17, 15) is 0 Å². The Labute approximate surface area is 112 Å². The topological polar surface area (TPSA) is 41.7 Å². The monoisotopic (exact) mass is 257 g/mol. The van der Waals surface area contributed by atoms with Crippen LogP contribution in [-0.2, 0) is 4.74 Å². The van der Waals surface area contributed by atoms with Crippen LogP contribution in [-0.4, -0.2) is 67.3 Å². The first-order valence-electron chi connectivity index (χ1n) is 7.34. The van der Waals surface area contributed by atoms with E-state index in [0.29, 0.717) is 18.2 Å². The lowest BCUT2D eigenvalue weighted by Gasteiger charge is -2.38. The highest BCUT2D eigenvalue weighted by Crippen LogP contribution is 2.11. The van der Waals surface area contributed by atoms with Crippen molar-refractivity contribution in [1.82, 2.24) is 9.80 Å². The van der Waals surface area contributed by atoms with Gasteiger partial charge in [-0.05, 0) is 47.2 Å². The van der Waals surface area contributed by atoms with E-state index in [1.54, 1.807) is 0 Å². The van der Waals surface area contributed by atoms with Gasteiger partial charge in [-0.1, -0.05) is 0 Å². The summed E-state index contributed by atoms with van der Waals surface area (Å²) < 4.78 is 5.90. The summed E-state index contributed by atoms with van der Waals surface area (Å²) in [6, 6.07) is 1.18. The van der Waals surface area contributed by atoms with E-state index in [-0.39, 0.29) is 0 Å². The maximum Gasteiger partial charge on any atom is 0.0829 e. The van der Waals surface area contributed by atoms with Crippen molar-refractivity contribution in [3.05, 3.63) is 0 Å². The summed E-state index contributed by atoms with van der Waals surface area (Å²) in [5, 5.41) is 0. The number of ether oxygens (including phenoxy) is 1. The Balaban J connectivity index is 2.42. The quantitative estimate of drug-likeness (QED) is 0.743. The van der Waals surface area contributed by atoms with Gasteiger partial charge in [-0.25, -0.2) is 0 Å². The van der Waals surface area contributed by atoms with Gasteiger partial charge in [0.05, 0.1) is 12.7 Å². The van der Waals surface area contributed by atoms with Crippen molar-refractivity contribution in [3.8, 4) is 0 Å². The lowest BCUT2D eigenvalue weighted by molar-refractivity contribution is -0.0554. The van der Waals surface area contributed by atoms with Crippen LogP contribution < -0.4 is 5.73 Å². The molecule has 18 heavy (non-hydrogen) atoms. The first-order valence-corrected chi connectivity index (χ1v) is 7.34. The maximum absolute atomic E-state index is 5.90. The summed E-state index contributed by atoms with van der Waals surface area (Å²) in [5.41, 5.74) is 5.61. The first kappa shape index (κ1) is 15.9. The lowest BCUT2D eigenvalue weighted by atomic mass is 10.2. The van der Waals surface area contributed by atoms with Crippen LogP contribution in [0.15, 0.2) is 0 Å². The van der Waals surface area contributed by atoms with E-state index < -0.39 is 0 Å². The Morgan fingerprint density at radius 2 is 2.06 bits per heavy atom. The zero-order valence-electron chi connectivity index (χ0n) is 12.6. The molecule has 4 heteroatoms. The first-order chi connectivity index (χ1) is 8.54. The van der Waals surface area contributed by atoms with Crippen molar-refractivity contribution < 1.29 is 4.74 Å². The molecular weight excluding hydrogens is 226 g/mol. The molecule has 0 aromatic carbocycles. The molecule has 0 spiro atoms. The average molecular weight is 257 g/mol. The summed E-state index contributed by atoms with van der Waals surface area (Å²) in [4.78, 5) is 5.00. The van der Waals surface area contributed by atoms with Crippen LogP contribution in [0, 0.1) is 0 Å². The summed E-state index contributed by atoms with van der Waals surface area (Å²) in [7, 11) is 0. The Morgan fingerprint density at radius 1 is 1.33 bits per heavy atom. The predicted molar refractivity (Wildman–Crippen MR) is 76.8 cm³/mol. The van der Waals surface area contributed by atoms with Crippen molar-refractivity contribution >= 4 is 0 Å². The number of morpholine rings is 1. The third kappa shape index (κ3) is 5.22. The molecule has 1 aliphatic rings. The molecule has 0 bridgehead atoms. The van der Waals surface area contributed by atoms with Crippen LogP contribution in [0.3, 0.4) is 0 Å². The van der Waals surface area contributed by atoms with Gasteiger partial charge in [0.25, 0.3) is 0 Å². The van der Waals surface area contributed by atoms with Crippen molar-refractivity contribution in [1.29, 1.82) is 0 Å². The van der Waals surface area contributed by atoms with E-state index in [0.717, 1.165) is 45.8 Å². The summed E-state index contributed by atoms with van der Waals surface area (Å²) in [6.07, 6.45) is 1.42. The summed E-state index contributed by atoms with van der Waals surface area (Å²) >= 11 is 0. The molecule has 1 aliphatic heterocycles. The van der Waals surface area contributed by atoms with Crippen LogP contribution in [0.25, 0.3) is 0 Å². The fourth-order valence-corrected chi connectivity index (χ4v) is 2.44. The second-order valence-electron chi connectivity index (χ2n) is 5.81. The Hall–Kier alpha value is -0.160. The lowest BCUT2D eigenvalue weighted by Crippen LogP contribution is -2.51. The van der Waals surface area contributed by atoms with E-state index >= 15 is 0 Å². The van der Waals surface area contributed by atoms with Gasteiger partial charge < -0.3 is 10.5 Å². The van der Waals surface area contributed by atoms with Gasteiger partial charge in [0.15, 0.2) is 0 Å². The number of rotatable bonds is 7. The second-order valence-corrected chi connectivity index (χ2v) is 5.81. The van der Waals surface area contributed by atoms with Gasteiger partial charge in [-0.3, -0.25) is 9.80 Å². The Morgan fingerprint density at radius 3 is 2.61 bits per heavy atom. The van der Waals surface area contributed by atoms with Crippen LogP contribution in [0.1, 0.15) is 34.1 Å². The number of nitrogens with two attached hydrogens (primary N) is 1. The smallest absolute Gasteiger partial charge is 0.0829 e. The fourth-order valence-electron chi connectivity index (χ4n) is 2.44. The molecule has 1 fully saturated rings. The molecule has 1 heterocycles. The molecule has 1 atom stereocenters. The number of nitrogens with zero attached hydrogens (tertiary/aromatic N) is 2. The zero-order chi connectivity index (χ0) is 13.5. The minimum absolute atomic E-state index is 0.348. The van der Waals surface area contributed by atoms with E-state index in [2.05, 4.69) is 37.5 Å². The molecule has 4 nitrogen and oxygen atoms in total. The second kappa shape index (κ2) is 8.10. The molecular formula is C14H31N3O. The fraction of sp³-hybridized carbons (Fsp3) is 1.00. The molecule has 1 rings (SSSR count). The average Bonchev–Trinajstić information content (AvgIpc) is 2.34. The van der Waals surface area contributed by atoms with E-state index in [4.69, 9.17) is 10.5 Å². The molecule has 1 unspecified atom stereocenters. The van der Waals surface area contributed by atoms with Crippen molar-refractivity contribution in [2.24, 2.45) is 5.73 Å². The van der Waals surface area contributed by atoms with Gasteiger partial charge in [0, 0.05) is 31.7 Å². The molecule has 1 saturated heterocycles. The van der Waals surface area contributed by atoms with Gasteiger partial charge in [-0.15, -0.1) is 0 Å². The van der Waals surface area contributed by atoms with Crippen molar-refractivity contribution in [2.45, 2.75) is 52.3 Å². The summed E-state index contributed by atoms with van der Waals surface area (Å²) in [6.45, 7) is 14.9. The standard InChI is InChI=1S/C14H31N3O/c1-12(2)16(7-5-6-15)10-14-11-17(13(3)4)8-9-18-14/h12-14H,5-11,15H2,1-4H3. The molecule has 0 aromatic rings. The molecule has 0 aliphatic carbocycles. The van der Waals surface area contributed by atoms with Crippen molar-refractivity contribution in [2.75, 3.05) is 39.3 Å². The van der Waals surface area contributed by atoms with Crippen LogP contribution in [0.2, 0.25) is 0 Å². The zero-order valence-corrected chi connectivity index (χ0v) is 12.6. The SMILES string of the molecule is CC(C)N(CCCN)CC1CN(C(C)C)CCO1. The highest BCUT2D eigenvalue weighted by Gasteiger charge is 2.24. The highest BCUT2D eigenvalue weighted by molar-refractivity contribution is 4.78. The number of hydrogen-bond acceptors (Lipinski definition) is 4. The minimum Gasteiger partial charge on any atom is -0.374 e. The normalized spacial score (nSPS) is 22.3. The molecule has 0 aromatic heterocycles. The third-order valence-electron chi connectivity index (χ3n) is 3.72. The molecule has 108 valence electrons. The van der Waals surface area contributed by atoms with Crippen LogP contribution in [0.5, 0.6) is 0 Å². The number of hydrogen-bond donors (Lipinski definition) is 1.